The number of piperidine rings is 1. The second-order valence-corrected chi connectivity index (χ2v) is 7.46. The second-order valence-electron chi connectivity index (χ2n) is 7.46. The highest BCUT2D eigenvalue weighted by Crippen LogP contribution is 2.23. The molecule has 7 heteroatoms. The van der Waals surface area contributed by atoms with Gasteiger partial charge in [-0.25, -0.2) is 4.39 Å². The van der Waals surface area contributed by atoms with Crippen molar-refractivity contribution < 1.29 is 24.8 Å². The van der Waals surface area contributed by atoms with Crippen molar-refractivity contribution in [2.75, 3.05) is 38.4 Å². The fourth-order valence-corrected chi connectivity index (χ4v) is 3.56. The third kappa shape index (κ3) is 7.52. The van der Waals surface area contributed by atoms with Gasteiger partial charge in [-0.15, -0.1) is 0 Å². The number of rotatable bonds is 11. The van der Waals surface area contributed by atoms with Crippen molar-refractivity contribution in [3.8, 4) is 11.5 Å². The highest BCUT2D eigenvalue weighted by molar-refractivity contribution is 5.76. The van der Waals surface area contributed by atoms with Gasteiger partial charge in [0.15, 0.2) is 0 Å². The van der Waals surface area contributed by atoms with E-state index in [9.17, 15) is 9.18 Å². The average molecular weight is 433 g/mol. The zero-order chi connectivity index (χ0) is 21.9. The number of carbonyl (C=O) groups excluding carboxylic acids is 1. The van der Waals surface area contributed by atoms with Gasteiger partial charge in [0.05, 0.1) is 25.7 Å². The second kappa shape index (κ2) is 12.3. The summed E-state index contributed by atoms with van der Waals surface area (Å²) in [6.07, 6.45) is 3.55. The molecule has 0 aromatic heterocycles. The maximum absolute atomic E-state index is 13.0. The lowest BCUT2D eigenvalue weighted by molar-refractivity contribution is -0.137. The number of hydrogen-bond acceptors (Lipinski definition) is 5. The maximum atomic E-state index is 13.0. The molecular formula is C24H33FN2O4. The van der Waals surface area contributed by atoms with Crippen LogP contribution in [0.4, 0.5) is 10.1 Å². The van der Waals surface area contributed by atoms with Crippen LogP contribution in [-0.2, 0) is 14.3 Å². The molecule has 1 amide bonds. The molecule has 1 heterocycles. The summed E-state index contributed by atoms with van der Waals surface area (Å²) >= 11 is 0. The van der Waals surface area contributed by atoms with E-state index in [1.54, 1.807) is 12.1 Å². The molecule has 1 N–H and O–H groups in total. The molecule has 1 atom stereocenters. The van der Waals surface area contributed by atoms with E-state index >= 15 is 0 Å². The van der Waals surface area contributed by atoms with E-state index in [2.05, 4.69) is 5.32 Å². The minimum atomic E-state index is -0.293. The first-order chi connectivity index (χ1) is 15.2. The van der Waals surface area contributed by atoms with Crippen molar-refractivity contribution in [3.63, 3.8) is 0 Å². The zero-order valence-electron chi connectivity index (χ0n) is 18.0. The van der Waals surface area contributed by atoms with Gasteiger partial charge < -0.3 is 24.4 Å². The Morgan fingerprint density at radius 1 is 1.10 bits per heavy atom. The molecule has 0 saturated carbocycles. The predicted molar refractivity (Wildman–Crippen MR) is 120 cm³/mol. The van der Waals surface area contributed by atoms with Crippen LogP contribution in [0, 0.1) is 5.82 Å². The Balaban J connectivity index is 0.00000363. The lowest BCUT2D eigenvalue weighted by atomic mass is 10.0. The van der Waals surface area contributed by atoms with Crippen molar-refractivity contribution >= 4 is 11.6 Å². The highest BCUT2D eigenvalue weighted by Gasteiger charge is 2.26. The quantitative estimate of drug-likeness (QED) is 0.397. The monoisotopic (exact) mass is 432 g/mol. The molecule has 0 radical (unpaired) electrons. The number of ether oxygens (including phenoxy) is 3. The van der Waals surface area contributed by atoms with Crippen molar-refractivity contribution in [1.29, 1.82) is 0 Å². The number of likely N-dealkylation sites (tertiary alicyclic amines) is 1. The van der Waals surface area contributed by atoms with E-state index in [1.807, 2.05) is 36.1 Å². The third-order valence-corrected chi connectivity index (χ3v) is 5.20. The predicted octanol–water partition coefficient (Wildman–Crippen LogP) is 5.06. The summed E-state index contributed by atoms with van der Waals surface area (Å²) in [7, 11) is 0. The Kier molecular flexibility index (Phi) is 9.12. The van der Waals surface area contributed by atoms with Crippen LogP contribution in [0.1, 0.15) is 34.0 Å². The van der Waals surface area contributed by atoms with Crippen LogP contribution in [-0.4, -0.2) is 49.9 Å². The number of benzene rings is 2. The Morgan fingerprint density at radius 2 is 1.81 bits per heavy atom. The van der Waals surface area contributed by atoms with Gasteiger partial charge in [-0.3, -0.25) is 4.79 Å². The van der Waals surface area contributed by atoms with Crippen LogP contribution in [0.2, 0.25) is 0 Å². The molecule has 31 heavy (non-hydrogen) atoms. The standard InChI is InChI=1S/C24H31FN2O4.H2/c1-2-29-16-14-24(28)27-15-4-3-5-21(27)17-30-18-26-20-8-12-23(13-9-20)31-22-10-6-19(25)7-11-22;/h6-13,21,26H,2-5,14-18H2,1H3;1H/t21-;/m0./s1. The Labute approximate surface area is 184 Å². The first-order valence-electron chi connectivity index (χ1n) is 10.9. The SMILES string of the molecule is CCOCCC(=O)N1CCCC[C@H]1COCNc1ccc(Oc2ccc(F)cc2)cc1.[HH]. The number of halogens is 1. The van der Waals surface area contributed by atoms with E-state index in [-0.39, 0.29) is 19.2 Å². The minimum Gasteiger partial charge on any atom is -0.457 e. The molecule has 1 aliphatic heterocycles. The summed E-state index contributed by atoms with van der Waals surface area (Å²) < 4.78 is 29.8. The summed E-state index contributed by atoms with van der Waals surface area (Å²) in [6.45, 7) is 4.70. The van der Waals surface area contributed by atoms with E-state index in [1.165, 1.54) is 12.1 Å². The molecule has 0 aliphatic carbocycles. The Hall–Kier alpha value is -2.64. The molecule has 0 bridgehead atoms. The van der Waals surface area contributed by atoms with Gasteiger partial charge in [-0.2, -0.15) is 0 Å². The first kappa shape index (κ1) is 23.0. The topological polar surface area (TPSA) is 60.0 Å². The number of carbonyl (C=O) groups is 1. The molecule has 3 rings (SSSR count). The van der Waals surface area contributed by atoms with Crippen LogP contribution in [0.15, 0.2) is 48.5 Å². The maximum Gasteiger partial charge on any atom is 0.225 e. The molecule has 170 valence electrons. The number of nitrogens with one attached hydrogen (secondary N) is 1. The normalized spacial score (nSPS) is 16.2. The Bertz CT molecular complexity index is 805. The number of anilines is 1. The summed E-state index contributed by atoms with van der Waals surface area (Å²) in [5.74, 6) is 1.10. The number of hydrogen-bond donors (Lipinski definition) is 1. The molecule has 6 nitrogen and oxygen atoms in total. The molecular weight excluding hydrogens is 399 g/mol. The lowest BCUT2D eigenvalue weighted by Gasteiger charge is -2.35. The van der Waals surface area contributed by atoms with Crippen LogP contribution in [0.25, 0.3) is 0 Å². The smallest absolute Gasteiger partial charge is 0.225 e. The molecule has 2 aromatic carbocycles. The lowest BCUT2D eigenvalue weighted by Crippen LogP contribution is -2.46. The number of amides is 1. The van der Waals surface area contributed by atoms with Gasteiger partial charge in [-0.05, 0) is 74.7 Å². The van der Waals surface area contributed by atoms with E-state index in [0.29, 0.717) is 44.5 Å². The van der Waals surface area contributed by atoms with Gasteiger partial charge in [-0.1, -0.05) is 0 Å². The summed E-state index contributed by atoms with van der Waals surface area (Å²) in [5.41, 5.74) is 0.903. The summed E-state index contributed by atoms with van der Waals surface area (Å²) in [4.78, 5) is 14.4. The summed E-state index contributed by atoms with van der Waals surface area (Å²) in [6, 6.07) is 13.5. The molecule has 0 spiro atoms. The van der Waals surface area contributed by atoms with E-state index in [4.69, 9.17) is 14.2 Å². The van der Waals surface area contributed by atoms with Gasteiger partial charge >= 0.3 is 0 Å². The number of nitrogens with zero attached hydrogens (tertiary/aromatic N) is 1. The van der Waals surface area contributed by atoms with Crippen LogP contribution in [0.3, 0.4) is 0 Å². The Morgan fingerprint density at radius 3 is 2.52 bits per heavy atom. The fraction of sp³-hybridized carbons (Fsp3) is 0.458. The van der Waals surface area contributed by atoms with Crippen molar-refractivity contribution in [3.05, 3.63) is 54.3 Å². The molecule has 0 unspecified atom stereocenters. The largest absolute Gasteiger partial charge is 0.457 e. The van der Waals surface area contributed by atoms with Gasteiger partial charge in [0.1, 0.15) is 24.0 Å². The van der Waals surface area contributed by atoms with Crippen molar-refractivity contribution in [1.82, 2.24) is 4.90 Å². The summed E-state index contributed by atoms with van der Waals surface area (Å²) in [5, 5.41) is 3.22. The minimum absolute atomic E-state index is 0. The molecule has 1 saturated heterocycles. The van der Waals surface area contributed by atoms with E-state index < -0.39 is 0 Å². The molecule has 1 fully saturated rings. The van der Waals surface area contributed by atoms with Crippen molar-refractivity contribution in [2.45, 2.75) is 38.6 Å². The highest BCUT2D eigenvalue weighted by atomic mass is 19.1. The van der Waals surface area contributed by atoms with Crippen LogP contribution < -0.4 is 10.1 Å². The van der Waals surface area contributed by atoms with Crippen LogP contribution in [0.5, 0.6) is 11.5 Å². The van der Waals surface area contributed by atoms with Gasteiger partial charge in [0.25, 0.3) is 0 Å². The van der Waals surface area contributed by atoms with Gasteiger partial charge in [0, 0.05) is 20.3 Å². The average Bonchev–Trinajstić information content (AvgIpc) is 2.80. The molecule has 1 aliphatic rings. The van der Waals surface area contributed by atoms with Gasteiger partial charge in [0.2, 0.25) is 5.91 Å². The van der Waals surface area contributed by atoms with Crippen molar-refractivity contribution in [2.24, 2.45) is 0 Å². The zero-order valence-corrected chi connectivity index (χ0v) is 18.0. The third-order valence-electron chi connectivity index (χ3n) is 5.20. The molecule has 2 aromatic rings. The first-order valence-corrected chi connectivity index (χ1v) is 10.9. The van der Waals surface area contributed by atoms with E-state index in [0.717, 1.165) is 31.5 Å². The van der Waals surface area contributed by atoms with Crippen LogP contribution >= 0.6 is 0 Å². The fourth-order valence-electron chi connectivity index (χ4n) is 3.56.